The monoisotopic (exact) mass is 477 g/mol. The van der Waals surface area contributed by atoms with E-state index in [1.807, 2.05) is 29.7 Å². The molecule has 11 heteroatoms. The first kappa shape index (κ1) is 23.2. The lowest BCUT2D eigenvalue weighted by Crippen LogP contribution is -2.24. The summed E-state index contributed by atoms with van der Waals surface area (Å²) in [5, 5.41) is 11.8. The van der Waals surface area contributed by atoms with E-state index in [-0.39, 0.29) is 10.8 Å². The highest BCUT2D eigenvalue weighted by atomic mass is 32.2. The molecule has 0 radical (unpaired) electrons. The molecule has 3 rings (SSSR count). The number of nitrogens with zero attached hydrogens (tertiary/aromatic N) is 3. The quantitative estimate of drug-likeness (QED) is 0.479. The van der Waals surface area contributed by atoms with Crippen molar-refractivity contribution in [3.8, 4) is 0 Å². The number of H-pyrrole nitrogens is 1. The lowest BCUT2D eigenvalue weighted by atomic mass is 10.2. The number of aryl methyl sites for hydroxylation is 1. The molecule has 3 aromatic rings. The molecule has 2 heterocycles. The van der Waals surface area contributed by atoms with Crippen molar-refractivity contribution in [1.82, 2.24) is 19.5 Å². The molecule has 0 spiro atoms. The van der Waals surface area contributed by atoms with Crippen LogP contribution in [0.15, 0.2) is 45.8 Å². The Kier molecular flexibility index (Phi) is 7.31. The maximum Gasteiger partial charge on any atom is 0.242 e. The first-order chi connectivity index (χ1) is 14.7. The van der Waals surface area contributed by atoms with Crippen molar-refractivity contribution < 1.29 is 13.2 Å². The third-order valence-corrected chi connectivity index (χ3v) is 7.94. The van der Waals surface area contributed by atoms with E-state index in [1.54, 1.807) is 31.3 Å². The molecule has 0 fully saturated rings. The van der Waals surface area contributed by atoms with Crippen LogP contribution < -0.4 is 5.32 Å². The number of carbonyl (C=O) groups is 1. The molecule has 31 heavy (non-hydrogen) atoms. The number of anilines is 1. The summed E-state index contributed by atoms with van der Waals surface area (Å²) in [6.45, 7) is 3.55. The van der Waals surface area contributed by atoms with Gasteiger partial charge in [-0.05, 0) is 55.1 Å². The van der Waals surface area contributed by atoms with E-state index in [2.05, 4.69) is 20.5 Å². The van der Waals surface area contributed by atoms with Crippen molar-refractivity contribution in [3.05, 3.63) is 52.0 Å². The normalized spacial score (nSPS) is 13.1. The van der Waals surface area contributed by atoms with E-state index >= 15 is 0 Å². The van der Waals surface area contributed by atoms with Gasteiger partial charge in [-0.25, -0.2) is 17.7 Å². The topological polar surface area (TPSA) is 108 Å². The van der Waals surface area contributed by atoms with Crippen molar-refractivity contribution in [3.63, 3.8) is 0 Å². The average molecular weight is 478 g/mol. The molecule has 1 amide bonds. The molecule has 0 aliphatic carbocycles. The van der Waals surface area contributed by atoms with Crippen LogP contribution in [0.3, 0.4) is 0 Å². The summed E-state index contributed by atoms with van der Waals surface area (Å²) >= 11 is 2.83. The Morgan fingerprint density at radius 1 is 1.29 bits per heavy atom. The van der Waals surface area contributed by atoms with Crippen molar-refractivity contribution in [2.45, 2.75) is 29.1 Å². The van der Waals surface area contributed by atoms with Crippen molar-refractivity contribution >= 4 is 56.9 Å². The highest BCUT2D eigenvalue weighted by Gasteiger charge is 2.21. The maximum absolute atomic E-state index is 12.7. The number of hydrogen-bond donors (Lipinski definition) is 2. The lowest BCUT2D eigenvalue weighted by molar-refractivity contribution is -0.115. The first-order valence-corrected chi connectivity index (χ1v) is 12.5. The average Bonchev–Trinajstić information content (AvgIpc) is 3.39. The number of sulfonamides is 1. The number of rotatable bonds is 8. The molecule has 1 aromatic carbocycles. The molecule has 0 saturated carbocycles. The second-order valence-electron chi connectivity index (χ2n) is 6.87. The molecule has 8 nitrogen and oxygen atoms in total. The summed E-state index contributed by atoms with van der Waals surface area (Å²) in [6, 6.07) is 8.64. The first-order valence-electron chi connectivity index (χ1n) is 9.31. The van der Waals surface area contributed by atoms with E-state index in [9.17, 15) is 13.2 Å². The summed E-state index contributed by atoms with van der Waals surface area (Å²) in [5.74, 6) is 0.328. The molecule has 1 atom stereocenters. The second-order valence-corrected chi connectivity index (χ2v) is 11.3. The minimum Gasteiger partial charge on any atom is -0.325 e. The van der Waals surface area contributed by atoms with Gasteiger partial charge in [-0.3, -0.25) is 9.89 Å². The fraction of sp³-hybridized carbons (Fsp3) is 0.250. The van der Waals surface area contributed by atoms with Crippen molar-refractivity contribution in [2.75, 3.05) is 19.4 Å². The van der Waals surface area contributed by atoms with Gasteiger partial charge in [0.1, 0.15) is 5.82 Å². The third kappa shape index (κ3) is 5.82. The lowest BCUT2D eigenvalue weighted by Gasteiger charge is -2.15. The van der Waals surface area contributed by atoms with Gasteiger partial charge in [-0.15, -0.1) is 16.4 Å². The number of carbonyl (C=O) groups excluding carboxylic acids is 1. The number of thioether (sulfide) groups is 1. The van der Waals surface area contributed by atoms with Crippen LogP contribution in [0.1, 0.15) is 23.2 Å². The smallest absolute Gasteiger partial charge is 0.242 e. The second kappa shape index (κ2) is 9.77. The van der Waals surface area contributed by atoms with Gasteiger partial charge in [0, 0.05) is 24.7 Å². The molecule has 0 aliphatic heterocycles. The fourth-order valence-corrected chi connectivity index (χ4v) is 4.76. The summed E-state index contributed by atoms with van der Waals surface area (Å²) in [5.41, 5.74) is 1.22. The highest BCUT2D eigenvalue weighted by molar-refractivity contribution is 8.00. The molecular weight excluding hydrogens is 454 g/mol. The van der Waals surface area contributed by atoms with Gasteiger partial charge >= 0.3 is 0 Å². The summed E-state index contributed by atoms with van der Waals surface area (Å²) in [4.78, 5) is 18.3. The molecule has 1 unspecified atom stereocenters. The van der Waals surface area contributed by atoms with E-state index in [0.717, 1.165) is 14.7 Å². The summed E-state index contributed by atoms with van der Waals surface area (Å²) in [6.07, 6.45) is 3.76. The van der Waals surface area contributed by atoms with E-state index in [4.69, 9.17) is 0 Å². The Morgan fingerprint density at radius 2 is 2.06 bits per heavy atom. The predicted molar refractivity (Wildman–Crippen MR) is 126 cm³/mol. The third-order valence-electron chi connectivity index (χ3n) is 4.33. The number of aromatic amines is 1. The molecule has 164 valence electrons. The minimum absolute atomic E-state index is 0.120. The molecular formula is C20H23N5O3S3. The van der Waals surface area contributed by atoms with E-state index < -0.39 is 15.3 Å². The molecule has 0 saturated heterocycles. The van der Waals surface area contributed by atoms with Gasteiger partial charge in [-0.1, -0.05) is 23.9 Å². The molecule has 0 bridgehead atoms. The Balaban J connectivity index is 1.66. The number of hydrogen-bond acceptors (Lipinski definition) is 7. The van der Waals surface area contributed by atoms with Gasteiger partial charge in [0.05, 0.1) is 10.1 Å². The Morgan fingerprint density at radius 3 is 2.74 bits per heavy atom. The van der Waals surface area contributed by atoms with E-state index in [1.165, 1.54) is 38.0 Å². The Labute approximate surface area is 189 Å². The Hall–Kier alpha value is -2.47. The van der Waals surface area contributed by atoms with Crippen molar-refractivity contribution in [1.29, 1.82) is 0 Å². The van der Waals surface area contributed by atoms with Crippen LogP contribution in [-0.2, 0) is 14.8 Å². The zero-order chi connectivity index (χ0) is 22.6. The standard InChI is InChI=1S/C20H23N5O3S3/c1-13-7-9-16(31(27,28)25(3)4)12-17(13)21-19(26)14(2)30-20-22-18(23-24-20)10-8-15-6-5-11-29-15/h5-12,14H,1-4H3,(H,21,26)(H,22,23,24)/b10-8+. The Bertz CT molecular complexity index is 1180. The van der Waals surface area contributed by atoms with Gasteiger partial charge in [-0.2, -0.15) is 0 Å². The molecule has 2 N–H and O–H groups in total. The maximum atomic E-state index is 12.7. The van der Waals surface area contributed by atoms with E-state index in [0.29, 0.717) is 16.7 Å². The number of amides is 1. The predicted octanol–water partition coefficient (Wildman–Crippen LogP) is 3.71. The van der Waals surface area contributed by atoms with Crippen LogP contribution in [0.4, 0.5) is 5.69 Å². The number of nitrogens with one attached hydrogen (secondary N) is 2. The van der Waals surface area contributed by atoms with Gasteiger partial charge in [0.25, 0.3) is 0 Å². The zero-order valence-corrected chi connectivity index (χ0v) is 19.9. The number of thiophene rings is 1. The summed E-state index contributed by atoms with van der Waals surface area (Å²) < 4.78 is 25.9. The van der Waals surface area contributed by atoms with Gasteiger partial charge in [0.2, 0.25) is 21.1 Å². The van der Waals surface area contributed by atoms with Crippen LogP contribution in [0.5, 0.6) is 0 Å². The van der Waals surface area contributed by atoms with Crippen molar-refractivity contribution in [2.24, 2.45) is 0 Å². The van der Waals surface area contributed by atoms with Crippen LogP contribution in [0.25, 0.3) is 12.2 Å². The van der Waals surface area contributed by atoms with Crippen LogP contribution >= 0.6 is 23.1 Å². The SMILES string of the molecule is Cc1ccc(S(=O)(=O)N(C)C)cc1NC(=O)C(C)Sc1n[nH]c(/C=C/c2cccs2)n1. The fourth-order valence-electron chi connectivity index (χ4n) is 2.49. The zero-order valence-electron chi connectivity index (χ0n) is 17.5. The number of benzene rings is 1. The number of aromatic nitrogens is 3. The molecule has 2 aromatic heterocycles. The van der Waals surface area contributed by atoms with Gasteiger partial charge < -0.3 is 5.32 Å². The summed E-state index contributed by atoms with van der Waals surface area (Å²) in [7, 11) is -0.662. The van der Waals surface area contributed by atoms with Crippen LogP contribution in [-0.4, -0.2) is 53.2 Å². The largest absolute Gasteiger partial charge is 0.325 e. The minimum atomic E-state index is -3.59. The van der Waals surface area contributed by atoms with Crippen LogP contribution in [0, 0.1) is 6.92 Å². The highest BCUT2D eigenvalue weighted by Crippen LogP contribution is 2.25. The molecule has 0 aliphatic rings. The van der Waals surface area contributed by atoms with Gasteiger partial charge in [0.15, 0.2) is 0 Å². The van der Waals surface area contributed by atoms with Crippen LogP contribution in [0.2, 0.25) is 0 Å².